The van der Waals surface area contributed by atoms with E-state index in [1.54, 1.807) is 42.7 Å². The van der Waals surface area contributed by atoms with E-state index in [0.29, 0.717) is 17.9 Å². The minimum Gasteiger partial charge on any atom is -0.467 e. The van der Waals surface area contributed by atoms with Crippen molar-refractivity contribution in [3.63, 3.8) is 0 Å². The minimum absolute atomic E-state index is 0.0793. The van der Waals surface area contributed by atoms with Crippen LogP contribution in [0.5, 0.6) is 0 Å². The van der Waals surface area contributed by atoms with Crippen molar-refractivity contribution in [2.45, 2.75) is 19.5 Å². The predicted molar refractivity (Wildman–Crippen MR) is 108 cm³/mol. The zero-order valence-electron chi connectivity index (χ0n) is 15.6. The van der Waals surface area contributed by atoms with E-state index in [-0.39, 0.29) is 24.4 Å². The Labute approximate surface area is 164 Å². The Hall–Kier alpha value is -3.54. The molecule has 6 heteroatoms. The Morgan fingerprint density at radius 3 is 2.39 bits per heavy atom. The Morgan fingerprint density at radius 1 is 0.964 bits per heavy atom. The number of carbonyl (C=O) groups is 2. The maximum atomic E-state index is 12.4. The monoisotopic (exact) mass is 377 g/mol. The molecule has 2 amide bonds. The van der Waals surface area contributed by atoms with Crippen molar-refractivity contribution in [3.8, 4) is 0 Å². The molecule has 28 heavy (non-hydrogen) atoms. The summed E-state index contributed by atoms with van der Waals surface area (Å²) in [4.78, 5) is 24.3. The van der Waals surface area contributed by atoms with Gasteiger partial charge in [-0.15, -0.1) is 0 Å². The first-order valence-corrected chi connectivity index (χ1v) is 9.10. The van der Waals surface area contributed by atoms with Crippen LogP contribution >= 0.6 is 0 Å². The summed E-state index contributed by atoms with van der Waals surface area (Å²) in [5, 5.41) is 8.78. The average molecular weight is 377 g/mol. The quantitative estimate of drug-likeness (QED) is 0.561. The molecule has 0 saturated carbocycles. The molecule has 0 aliphatic heterocycles. The lowest BCUT2D eigenvalue weighted by atomic mass is 10.1. The highest BCUT2D eigenvalue weighted by Crippen LogP contribution is 2.14. The van der Waals surface area contributed by atoms with Crippen LogP contribution in [0.4, 0.5) is 5.69 Å². The van der Waals surface area contributed by atoms with Crippen LogP contribution in [0.2, 0.25) is 0 Å². The lowest BCUT2D eigenvalue weighted by Gasteiger charge is -2.14. The molecule has 1 atom stereocenters. The van der Waals surface area contributed by atoms with Gasteiger partial charge in [-0.25, -0.2) is 0 Å². The van der Waals surface area contributed by atoms with Crippen LogP contribution in [-0.4, -0.2) is 18.4 Å². The second kappa shape index (κ2) is 9.41. The molecule has 0 bridgehead atoms. The number of hydrogen-bond donors (Lipinski definition) is 3. The zero-order valence-corrected chi connectivity index (χ0v) is 15.6. The lowest BCUT2D eigenvalue weighted by molar-refractivity contribution is -0.119. The van der Waals surface area contributed by atoms with Gasteiger partial charge in [0.2, 0.25) is 5.91 Å². The lowest BCUT2D eigenvalue weighted by Crippen LogP contribution is -2.29. The number of hydrogen-bond acceptors (Lipinski definition) is 4. The number of furan rings is 1. The van der Waals surface area contributed by atoms with Gasteiger partial charge in [0, 0.05) is 11.3 Å². The van der Waals surface area contributed by atoms with E-state index in [1.807, 2.05) is 37.3 Å². The molecule has 3 rings (SSSR count). The summed E-state index contributed by atoms with van der Waals surface area (Å²) in [6.45, 7) is 2.44. The Kier molecular flexibility index (Phi) is 6.46. The fourth-order valence-electron chi connectivity index (χ4n) is 2.69. The third-order valence-electron chi connectivity index (χ3n) is 4.29. The standard InChI is InChI=1S/C22H23N3O3/c1-16(17-6-3-2-4-7-17)25-22(27)18-9-11-19(12-10-18)23-15-21(26)24-14-20-8-5-13-28-20/h2-13,16,23H,14-15H2,1H3,(H,24,26)(H,25,27). The third kappa shape index (κ3) is 5.48. The van der Waals surface area contributed by atoms with Crippen molar-refractivity contribution in [1.29, 1.82) is 0 Å². The Morgan fingerprint density at radius 2 is 1.71 bits per heavy atom. The summed E-state index contributed by atoms with van der Waals surface area (Å²) < 4.78 is 5.16. The normalized spacial score (nSPS) is 11.5. The number of rotatable bonds is 8. The fraction of sp³-hybridized carbons (Fsp3) is 0.182. The Bertz CT molecular complexity index is 891. The highest BCUT2D eigenvalue weighted by Gasteiger charge is 2.11. The molecule has 1 aromatic heterocycles. The van der Waals surface area contributed by atoms with E-state index in [0.717, 1.165) is 11.3 Å². The van der Waals surface area contributed by atoms with Crippen molar-refractivity contribution in [2.75, 3.05) is 11.9 Å². The van der Waals surface area contributed by atoms with E-state index in [1.165, 1.54) is 0 Å². The van der Waals surface area contributed by atoms with Crippen LogP contribution in [-0.2, 0) is 11.3 Å². The van der Waals surface area contributed by atoms with E-state index >= 15 is 0 Å². The van der Waals surface area contributed by atoms with Gasteiger partial charge in [-0.2, -0.15) is 0 Å². The molecule has 0 radical (unpaired) electrons. The van der Waals surface area contributed by atoms with Gasteiger partial charge in [0.1, 0.15) is 5.76 Å². The molecule has 0 fully saturated rings. The van der Waals surface area contributed by atoms with Crippen molar-refractivity contribution in [3.05, 3.63) is 89.9 Å². The SMILES string of the molecule is CC(NC(=O)c1ccc(NCC(=O)NCc2ccco2)cc1)c1ccccc1. The molecule has 0 spiro atoms. The second-order valence-corrected chi connectivity index (χ2v) is 6.39. The third-order valence-corrected chi connectivity index (χ3v) is 4.29. The molecule has 1 unspecified atom stereocenters. The van der Waals surface area contributed by atoms with Gasteiger partial charge in [-0.3, -0.25) is 9.59 Å². The maximum absolute atomic E-state index is 12.4. The van der Waals surface area contributed by atoms with Gasteiger partial charge in [0.15, 0.2) is 0 Å². The summed E-state index contributed by atoms with van der Waals surface area (Å²) in [5.41, 5.74) is 2.38. The topological polar surface area (TPSA) is 83.4 Å². The first-order valence-electron chi connectivity index (χ1n) is 9.10. The van der Waals surface area contributed by atoms with Crippen molar-refractivity contribution in [1.82, 2.24) is 10.6 Å². The Balaban J connectivity index is 1.46. The number of carbonyl (C=O) groups excluding carboxylic acids is 2. The molecule has 0 saturated heterocycles. The van der Waals surface area contributed by atoms with Crippen LogP contribution < -0.4 is 16.0 Å². The maximum Gasteiger partial charge on any atom is 0.251 e. The molecule has 0 aliphatic rings. The van der Waals surface area contributed by atoms with E-state index in [2.05, 4.69) is 16.0 Å². The molecular weight excluding hydrogens is 354 g/mol. The van der Waals surface area contributed by atoms with Gasteiger partial charge in [0.05, 0.1) is 25.4 Å². The summed E-state index contributed by atoms with van der Waals surface area (Å²) in [6.07, 6.45) is 1.57. The molecule has 2 aromatic carbocycles. The van der Waals surface area contributed by atoms with Gasteiger partial charge in [-0.1, -0.05) is 30.3 Å². The second-order valence-electron chi connectivity index (χ2n) is 6.39. The number of nitrogens with one attached hydrogen (secondary N) is 3. The first kappa shape index (κ1) is 19.2. The largest absolute Gasteiger partial charge is 0.467 e. The zero-order chi connectivity index (χ0) is 19.8. The average Bonchev–Trinajstić information content (AvgIpc) is 3.25. The smallest absolute Gasteiger partial charge is 0.251 e. The predicted octanol–water partition coefficient (Wildman–Crippen LogP) is 3.50. The molecule has 3 N–H and O–H groups in total. The van der Waals surface area contributed by atoms with Crippen LogP contribution in [0, 0.1) is 0 Å². The van der Waals surface area contributed by atoms with Crippen LogP contribution in [0.3, 0.4) is 0 Å². The van der Waals surface area contributed by atoms with Gasteiger partial charge >= 0.3 is 0 Å². The molecule has 0 aliphatic carbocycles. The van der Waals surface area contributed by atoms with E-state index in [4.69, 9.17) is 4.42 Å². The van der Waals surface area contributed by atoms with E-state index < -0.39 is 0 Å². The first-order chi connectivity index (χ1) is 13.6. The van der Waals surface area contributed by atoms with E-state index in [9.17, 15) is 9.59 Å². The van der Waals surface area contributed by atoms with Crippen molar-refractivity contribution < 1.29 is 14.0 Å². The number of amides is 2. The summed E-state index contributed by atoms with van der Waals surface area (Å²) in [7, 11) is 0. The summed E-state index contributed by atoms with van der Waals surface area (Å²) in [5.74, 6) is 0.419. The molecule has 1 heterocycles. The van der Waals surface area contributed by atoms with Crippen molar-refractivity contribution in [2.24, 2.45) is 0 Å². The highest BCUT2D eigenvalue weighted by molar-refractivity contribution is 5.94. The van der Waals surface area contributed by atoms with Gasteiger partial charge < -0.3 is 20.4 Å². The van der Waals surface area contributed by atoms with Crippen LogP contribution in [0.25, 0.3) is 0 Å². The van der Waals surface area contributed by atoms with Crippen LogP contribution in [0.1, 0.15) is 34.6 Å². The highest BCUT2D eigenvalue weighted by atomic mass is 16.3. The summed E-state index contributed by atoms with van der Waals surface area (Å²) >= 11 is 0. The van der Waals surface area contributed by atoms with Crippen LogP contribution in [0.15, 0.2) is 77.4 Å². The van der Waals surface area contributed by atoms with Gasteiger partial charge in [-0.05, 0) is 48.9 Å². The fourth-order valence-corrected chi connectivity index (χ4v) is 2.69. The number of anilines is 1. The summed E-state index contributed by atoms with van der Waals surface area (Å²) in [6, 6.07) is 20.3. The van der Waals surface area contributed by atoms with Crippen molar-refractivity contribution >= 4 is 17.5 Å². The minimum atomic E-state index is -0.144. The molecule has 3 aromatic rings. The molecule has 6 nitrogen and oxygen atoms in total. The van der Waals surface area contributed by atoms with Gasteiger partial charge in [0.25, 0.3) is 5.91 Å². The number of benzene rings is 2. The molecular formula is C22H23N3O3. The molecule has 144 valence electrons.